The molecule has 0 saturated carbocycles. The number of hydrogen-bond donors (Lipinski definition) is 1. The maximum absolute atomic E-state index is 12.8. The molecule has 2 heterocycles. The van der Waals surface area contributed by atoms with E-state index in [1.165, 1.54) is 0 Å². The monoisotopic (exact) mass is 402 g/mol. The smallest absolute Gasteiger partial charge is 0.338 e. The van der Waals surface area contributed by atoms with Crippen molar-refractivity contribution in [3.05, 3.63) is 41.1 Å². The highest BCUT2D eigenvalue weighted by Gasteiger charge is 2.36. The second-order valence-corrected chi connectivity index (χ2v) is 7.33. The molecule has 1 atom stereocenters. The molecule has 28 heavy (non-hydrogen) atoms. The number of anilines is 1. The highest BCUT2D eigenvalue weighted by atomic mass is 32.2. The third kappa shape index (κ3) is 4.01. The number of hydrogen-bond acceptors (Lipinski definition) is 7. The molecule has 0 aliphatic carbocycles. The van der Waals surface area contributed by atoms with E-state index in [0.717, 1.165) is 23.5 Å². The van der Waals surface area contributed by atoms with Crippen molar-refractivity contribution < 1.29 is 14.3 Å². The number of fused-ring (bicyclic) bond motifs is 1. The van der Waals surface area contributed by atoms with Gasteiger partial charge in [-0.05, 0) is 33.3 Å². The molecule has 1 N–H and O–H groups in total. The van der Waals surface area contributed by atoms with E-state index in [1.807, 2.05) is 38.1 Å². The maximum atomic E-state index is 12.8. The number of carbonyl (C=O) groups is 1. The van der Waals surface area contributed by atoms with Gasteiger partial charge in [0, 0.05) is 17.0 Å². The molecule has 0 fully saturated rings. The van der Waals surface area contributed by atoms with Crippen molar-refractivity contribution in [1.29, 1.82) is 0 Å². The molecule has 7 nitrogen and oxygen atoms in total. The van der Waals surface area contributed by atoms with Gasteiger partial charge < -0.3 is 14.8 Å². The van der Waals surface area contributed by atoms with Crippen LogP contribution in [0.3, 0.4) is 0 Å². The van der Waals surface area contributed by atoms with Crippen LogP contribution in [0.1, 0.15) is 45.7 Å². The minimum absolute atomic E-state index is 0.303. The van der Waals surface area contributed by atoms with Crippen LogP contribution < -0.4 is 10.1 Å². The van der Waals surface area contributed by atoms with Crippen LogP contribution in [0.2, 0.25) is 0 Å². The molecular weight excluding hydrogens is 376 g/mol. The Kier molecular flexibility index (Phi) is 6.61. The molecule has 0 saturated heterocycles. The molecule has 2 aromatic rings. The third-order valence-electron chi connectivity index (χ3n) is 4.28. The molecule has 1 aliphatic heterocycles. The van der Waals surface area contributed by atoms with Gasteiger partial charge >= 0.3 is 5.97 Å². The number of esters is 1. The second-order valence-electron chi connectivity index (χ2n) is 6.27. The Labute approximate surface area is 169 Å². The first-order valence-corrected chi connectivity index (χ1v) is 10.5. The van der Waals surface area contributed by atoms with Crippen LogP contribution in [0, 0.1) is 0 Å². The van der Waals surface area contributed by atoms with E-state index < -0.39 is 6.04 Å². The fourth-order valence-corrected chi connectivity index (χ4v) is 3.82. The number of nitrogens with zero attached hydrogens (tertiary/aromatic N) is 3. The summed E-state index contributed by atoms with van der Waals surface area (Å²) in [7, 11) is 0. The maximum Gasteiger partial charge on any atom is 0.338 e. The number of para-hydroxylation sites is 1. The molecule has 8 heteroatoms. The average molecular weight is 403 g/mol. The number of nitrogens with one attached hydrogen (secondary N) is 1. The zero-order valence-corrected chi connectivity index (χ0v) is 17.5. The van der Waals surface area contributed by atoms with E-state index in [-0.39, 0.29) is 5.97 Å². The highest BCUT2D eigenvalue weighted by Crippen LogP contribution is 2.40. The number of benzene rings is 1. The van der Waals surface area contributed by atoms with Gasteiger partial charge in [-0.25, -0.2) is 9.48 Å². The summed E-state index contributed by atoms with van der Waals surface area (Å²) in [5.41, 5.74) is 2.08. The normalized spacial score (nSPS) is 15.8. The molecule has 1 aliphatic rings. The van der Waals surface area contributed by atoms with E-state index >= 15 is 0 Å². The topological polar surface area (TPSA) is 78.3 Å². The van der Waals surface area contributed by atoms with Gasteiger partial charge in [0.25, 0.3) is 0 Å². The van der Waals surface area contributed by atoms with Gasteiger partial charge in [-0.2, -0.15) is 4.98 Å². The minimum Gasteiger partial charge on any atom is -0.494 e. The summed E-state index contributed by atoms with van der Waals surface area (Å²) in [6.45, 7) is 8.55. The van der Waals surface area contributed by atoms with Crippen LogP contribution in [-0.4, -0.2) is 39.7 Å². The summed E-state index contributed by atoms with van der Waals surface area (Å²) in [4.78, 5) is 17.4. The number of aromatic nitrogens is 3. The van der Waals surface area contributed by atoms with Crippen LogP contribution >= 0.6 is 11.8 Å². The number of allylic oxidation sites excluding steroid dienone is 1. The average Bonchev–Trinajstić information content (AvgIpc) is 3.08. The Morgan fingerprint density at radius 1 is 1.25 bits per heavy atom. The molecule has 0 spiro atoms. The van der Waals surface area contributed by atoms with Gasteiger partial charge in [0.2, 0.25) is 11.1 Å². The highest BCUT2D eigenvalue weighted by molar-refractivity contribution is 7.99. The minimum atomic E-state index is -0.471. The van der Waals surface area contributed by atoms with Crippen LogP contribution in [0.4, 0.5) is 5.95 Å². The van der Waals surface area contributed by atoms with Crippen molar-refractivity contribution in [2.24, 2.45) is 0 Å². The Hall–Kier alpha value is -2.48. The van der Waals surface area contributed by atoms with Crippen LogP contribution in [0.15, 0.2) is 40.7 Å². The van der Waals surface area contributed by atoms with Crippen molar-refractivity contribution in [2.75, 3.05) is 24.3 Å². The van der Waals surface area contributed by atoms with Crippen LogP contribution in [0.5, 0.6) is 5.75 Å². The van der Waals surface area contributed by atoms with Crippen molar-refractivity contribution in [1.82, 2.24) is 14.8 Å². The quantitative estimate of drug-likeness (QED) is 0.527. The molecule has 0 radical (unpaired) electrons. The fraction of sp³-hybridized carbons (Fsp3) is 0.450. The largest absolute Gasteiger partial charge is 0.494 e. The van der Waals surface area contributed by atoms with Gasteiger partial charge in [-0.1, -0.05) is 36.9 Å². The summed E-state index contributed by atoms with van der Waals surface area (Å²) in [5.74, 6) is 1.89. The predicted molar refractivity (Wildman–Crippen MR) is 110 cm³/mol. The van der Waals surface area contributed by atoms with Gasteiger partial charge in [0.1, 0.15) is 11.8 Å². The Balaban J connectivity index is 2.14. The Morgan fingerprint density at radius 2 is 2.04 bits per heavy atom. The van der Waals surface area contributed by atoms with Gasteiger partial charge in [-0.15, -0.1) is 5.10 Å². The van der Waals surface area contributed by atoms with E-state index in [9.17, 15) is 4.79 Å². The van der Waals surface area contributed by atoms with Crippen molar-refractivity contribution >= 4 is 23.7 Å². The molecule has 150 valence electrons. The van der Waals surface area contributed by atoms with Gasteiger partial charge in [0.15, 0.2) is 0 Å². The van der Waals surface area contributed by atoms with Crippen molar-refractivity contribution in [3.8, 4) is 5.75 Å². The molecular formula is C20H26N4O3S. The molecule has 1 unspecified atom stereocenters. The first kappa shape index (κ1) is 20.3. The lowest BCUT2D eigenvalue weighted by Gasteiger charge is -2.29. The summed E-state index contributed by atoms with van der Waals surface area (Å²) >= 11 is 1.60. The molecule has 3 rings (SSSR count). The summed E-state index contributed by atoms with van der Waals surface area (Å²) in [6, 6.07) is 7.24. The summed E-state index contributed by atoms with van der Waals surface area (Å²) < 4.78 is 12.9. The lowest BCUT2D eigenvalue weighted by atomic mass is 9.95. The zero-order chi connectivity index (χ0) is 20.1. The summed E-state index contributed by atoms with van der Waals surface area (Å²) in [5, 5.41) is 8.58. The van der Waals surface area contributed by atoms with Crippen LogP contribution in [-0.2, 0) is 9.53 Å². The number of carbonyl (C=O) groups excluding carboxylic acids is 1. The molecule has 1 aromatic heterocycles. The van der Waals surface area contributed by atoms with Crippen molar-refractivity contribution in [3.63, 3.8) is 0 Å². The second kappa shape index (κ2) is 9.14. The number of rotatable bonds is 8. The third-order valence-corrected chi connectivity index (χ3v) is 5.32. The Bertz CT molecular complexity index is 878. The van der Waals surface area contributed by atoms with Gasteiger partial charge in [0.05, 0.1) is 18.8 Å². The molecule has 0 amide bonds. The first-order chi connectivity index (χ1) is 13.6. The standard InChI is InChI=1S/C20H26N4O3S/c1-5-12-28-20-22-19-21-13(4)16(18(25)27-7-3)17(24(19)23-20)14-10-8-9-11-15(14)26-6-2/h8-11,17H,5-7,12H2,1-4H3,(H,21,22,23). The lowest BCUT2D eigenvalue weighted by Crippen LogP contribution is -2.30. The Morgan fingerprint density at radius 3 is 2.75 bits per heavy atom. The molecule has 0 bridgehead atoms. The van der Waals surface area contributed by atoms with Gasteiger partial charge in [-0.3, -0.25) is 0 Å². The van der Waals surface area contributed by atoms with E-state index in [1.54, 1.807) is 23.4 Å². The predicted octanol–water partition coefficient (Wildman–Crippen LogP) is 4.03. The zero-order valence-electron chi connectivity index (χ0n) is 16.7. The first-order valence-electron chi connectivity index (χ1n) is 9.56. The SMILES string of the molecule is CCCSc1nc2n(n1)C(c1ccccc1OCC)C(C(=O)OCC)=C(C)N2. The van der Waals surface area contributed by atoms with Crippen LogP contribution in [0.25, 0.3) is 0 Å². The van der Waals surface area contributed by atoms with E-state index in [0.29, 0.717) is 35.6 Å². The fourth-order valence-electron chi connectivity index (χ4n) is 3.14. The summed E-state index contributed by atoms with van der Waals surface area (Å²) in [6.07, 6.45) is 1.03. The van der Waals surface area contributed by atoms with E-state index in [2.05, 4.69) is 22.3 Å². The molecule has 1 aromatic carbocycles. The number of ether oxygens (including phenoxy) is 2. The number of thioether (sulfide) groups is 1. The lowest BCUT2D eigenvalue weighted by molar-refractivity contribution is -0.139. The van der Waals surface area contributed by atoms with Crippen molar-refractivity contribution in [2.45, 2.75) is 45.3 Å². The van der Waals surface area contributed by atoms with E-state index in [4.69, 9.17) is 9.47 Å².